The predicted molar refractivity (Wildman–Crippen MR) is 100 cm³/mol. The van der Waals surface area contributed by atoms with Crippen molar-refractivity contribution < 1.29 is 4.79 Å². The van der Waals surface area contributed by atoms with E-state index in [1.807, 2.05) is 31.3 Å². The Balaban J connectivity index is 2.03. The highest BCUT2D eigenvalue weighted by molar-refractivity contribution is 6.42. The van der Waals surface area contributed by atoms with Gasteiger partial charge >= 0.3 is 0 Å². The van der Waals surface area contributed by atoms with Crippen LogP contribution in [0, 0.1) is 0 Å². The lowest BCUT2D eigenvalue weighted by atomic mass is 9.76. The lowest BCUT2D eigenvalue weighted by molar-refractivity contribution is -0.114. The molecule has 126 valence electrons. The molecule has 1 amide bonds. The molecule has 2 N–H and O–H groups in total. The van der Waals surface area contributed by atoms with Gasteiger partial charge in [-0.05, 0) is 60.8 Å². The molecule has 0 aromatic heterocycles. The normalized spacial score (nSPS) is 19.7. The fraction of sp³-hybridized carbons (Fsp3) is 0.316. The summed E-state index contributed by atoms with van der Waals surface area (Å²) in [6.45, 7) is 1.52. The quantitative estimate of drug-likeness (QED) is 0.793. The number of rotatable bonds is 3. The van der Waals surface area contributed by atoms with Gasteiger partial charge in [0, 0.05) is 24.6 Å². The molecule has 0 bridgehead atoms. The highest BCUT2D eigenvalue weighted by atomic mass is 35.5. The molecule has 5 heteroatoms. The third-order valence-electron chi connectivity index (χ3n) is 4.60. The van der Waals surface area contributed by atoms with Gasteiger partial charge in [0.15, 0.2) is 0 Å². The number of benzene rings is 2. The van der Waals surface area contributed by atoms with E-state index in [1.165, 1.54) is 23.6 Å². The van der Waals surface area contributed by atoms with Gasteiger partial charge < -0.3 is 10.6 Å². The molecule has 3 rings (SSSR count). The second-order valence-electron chi connectivity index (χ2n) is 6.17. The predicted octanol–water partition coefficient (Wildman–Crippen LogP) is 5.14. The van der Waals surface area contributed by atoms with Gasteiger partial charge in [-0.25, -0.2) is 0 Å². The average molecular weight is 363 g/mol. The van der Waals surface area contributed by atoms with Crippen molar-refractivity contribution >= 4 is 34.8 Å². The number of halogens is 2. The van der Waals surface area contributed by atoms with Gasteiger partial charge in [0.05, 0.1) is 10.0 Å². The van der Waals surface area contributed by atoms with Gasteiger partial charge in [-0.1, -0.05) is 35.3 Å². The Morgan fingerprint density at radius 2 is 1.83 bits per heavy atom. The van der Waals surface area contributed by atoms with Crippen LogP contribution in [-0.2, 0) is 4.79 Å². The molecule has 24 heavy (non-hydrogen) atoms. The minimum atomic E-state index is -0.0622. The van der Waals surface area contributed by atoms with Crippen molar-refractivity contribution in [3.63, 3.8) is 0 Å². The van der Waals surface area contributed by atoms with Crippen LogP contribution in [0.3, 0.4) is 0 Å². The molecular formula is C19H20Cl2N2O. The van der Waals surface area contributed by atoms with Crippen molar-refractivity contribution in [2.75, 3.05) is 12.4 Å². The van der Waals surface area contributed by atoms with E-state index in [9.17, 15) is 4.79 Å². The van der Waals surface area contributed by atoms with E-state index in [-0.39, 0.29) is 17.9 Å². The largest absolute Gasteiger partial charge is 0.326 e. The molecule has 2 aromatic carbocycles. The number of hydrogen-bond acceptors (Lipinski definition) is 2. The highest BCUT2D eigenvalue weighted by Gasteiger charge is 2.28. The molecule has 0 saturated carbocycles. The summed E-state index contributed by atoms with van der Waals surface area (Å²) in [5.41, 5.74) is 4.50. The lowest BCUT2D eigenvalue weighted by Crippen LogP contribution is -2.24. The summed E-state index contributed by atoms with van der Waals surface area (Å²) in [6, 6.07) is 12.3. The van der Waals surface area contributed by atoms with Crippen molar-refractivity contribution in [2.24, 2.45) is 0 Å². The van der Waals surface area contributed by atoms with Crippen LogP contribution < -0.4 is 10.6 Å². The Bertz CT molecular complexity index is 776. The first-order chi connectivity index (χ1) is 11.5. The maximum atomic E-state index is 11.3. The van der Waals surface area contributed by atoms with E-state index in [0.717, 1.165) is 18.5 Å². The second kappa shape index (κ2) is 7.14. The van der Waals surface area contributed by atoms with Gasteiger partial charge in [-0.15, -0.1) is 0 Å². The van der Waals surface area contributed by atoms with E-state index in [4.69, 9.17) is 23.2 Å². The molecule has 2 atom stereocenters. The van der Waals surface area contributed by atoms with Crippen molar-refractivity contribution in [2.45, 2.75) is 31.7 Å². The van der Waals surface area contributed by atoms with E-state index < -0.39 is 0 Å². The SMILES string of the molecule is CNC1CC[C@@H](c2ccc(Cl)c(Cl)c2)c2ccc(NC(C)=O)cc21. The number of amides is 1. The Kier molecular flexibility index (Phi) is 5.14. The van der Waals surface area contributed by atoms with Crippen molar-refractivity contribution in [3.8, 4) is 0 Å². The lowest BCUT2D eigenvalue weighted by Gasteiger charge is -2.32. The number of nitrogens with one attached hydrogen (secondary N) is 2. The zero-order valence-corrected chi connectivity index (χ0v) is 15.2. The monoisotopic (exact) mass is 362 g/mol. The summed E-state index contributed by atoms with van der Waals surface area (Å²) < 4.78 is 0. The summed E-state index contributed by atoms with van der Waals surface area (Å²) in [5, 5.41) is 7.40. The van der Waals surface area contributed by atoms with Crippen LogP contribution >= 0.6 is 23.2 Å². The third kappa shape index (κ3) is 3.44. The van der Waals surface area contributed by atoms with Gasteiger partial charge in [-0.3, -0.25) is 4.79 Å². The first-order valence-electron chi connectivity index (χ1n) is 8.03. The van der Waals surface area contributed by atoms with Crippen LogP contribution in [0.4, 0.5) is 5.69 Å². The number of carbonyl (C=O) groups excluding carboxylic acids is 1. The molecular weight excluding hydrogens is 343 g/mol. The third-order valence-corrected chi connectivity index (χ3v) is 5.34. The second-order valence-corrected chi connectivity index (χ2v) is 6.98. The molecule has 1 unspecified atom stereocenters. The first-order valence-corrected chi connectivity index (χ1v) is 8.79. The fourth-order valence-corrected chi connectivity index (χ4v) is 3.80. The molecule has 0 saturated heterocycles. The Hall–Kier alpha value is -1.55. The number of fused-ring (bicyclic) bond motifs is 1. The molecule has 0 radical (unpaired) electrons. The Morgan fingerprint density at radius 1 is 1.04 bits per heavy atom. The van der Waals surface area contributed by atoms with Crippen LogP contribution in [0.5, 0.6) is 0 Å². The minimum absolute atomic E-state index is 0.0622. The molecule has 0 heterocycles. The van der Waals surface area contributed by atoms with Gasteiger partial charge in [0.1, 0.15) is 0 Å². The number of carbonyl (C=O) groups is 1. The maximum Gasteiger partial charge on any atom is 0.221 e. The highest BCUT2D eigenvalue weighted by Crippen LogP contribution is 2.43. The summed E-state index contributed by atoms with van der Waals surface area (Å²) in [6.07, 6.45) is 2.06. The van der Waals surface area contributed by atoms with Gasteiger partial charge in [0.25, 0.3) is 0 Å². The molecule has 3 nitrogen and oxygen atoms in total. The van der Waals surface area contributed by atoms with Crippen LogP contribution in [-0.4, -0.2) is 13.0 Å². The molecule has 0 aliphatic heterocycles. The van der Waals surface area contributed by atoms with E-state index in [0.29, 0.717) is 10.0 Å². The Morgan fingerprint density at radius 3 is 2.50 bits per heavy atom. The number of hydrogen-bond donors (Lipinski definition) is 2. The number of anilines is 1. The van der Waals surface area contributed by atoms with Gasteiger partial charge in [-0.2, -0.15) is 0 Å². The molecule has 0 spiro atoms. The molecule has 2 aromatic rings. The standard InChI is InChI=1S/C19H20Cl2N2O/c1-11(24)23-13-4-5-15-14(6-8-19(22-2)16(15)10-13)12-3-7-17(20)18(21)9-12/h3-5,7,9-10,14,19,22H,6,8H2,1-2H3,(H,23,24)/t14-,19?/m0/s1. The molecule has 1 aliphatic rings. The van der Waals surface area contributed by atoms with Crippen LogP contribution in [0.15, 0.2) is 36.4 Å². The van der Waals surface area contributed by atoms with Crippen molar-refractivity contribution in [3.05, 3.63) is 63.1 Å². The van der Waals surface area contributed by atoms with Crippen LogP contribution in [0.1, 0.15) is 48.4 Å². The van der Waals surface area contributed by atoms with E-state index in [1.54, 1.807) is 0 Å². The summed E-state index contributed by atoms with van der Waals surface area (Å²) in [4.78, 5) is 11.3. The Labute approximate surface area is 152 Å². The average Bonchev–Trinajstić information content (AvgIpc) is 2.55. The molecule has 0 fully saturated rings. The van der Waals surface area contributed by atoms with E-state index >= 15 is 0 Å². The zero-order chi connectivity index (χ0) is 17.3. The fourth-order valence-electron chi connectivity index (χ4n) is 3.49. The van der Waals surface area contributed by atoms with Gasteiger partial charge in [0.2, 0.25) is 5.91 Å². The zero-order valence-electron chi connectivity index (χ0n) is 13.7. The minimum Gasteiger partial charge on any atom is -0.326 e. The van der Waals surface area contributed by atoms with Crippen molar-refractivity contribution in [1.29, 1.82) is 0 Å². The summed E-state index contributed by atoms with van der Waals surface area (Å²) in [7, 11) is 1.97. The van der Waals surface area contributed by atoms with E-state index in [2.05, 4.69) is 22.8 Å². The first kappa shape index (κ1) is 17.3. The topological polar surface area (TPSA) is 41.1 Å². The maximum absolute atomic E-state index is 11.3. The summed E-state index contributed by atoms with van der Waals surface area (Å²) >= 11 is 12.3. The van der Waals surface area contributed by atoms with Crippen molar-refractivity contribution in [1.82, 2.24) is 5.32 Å². The van der Waals surface area contributed by atoms with Crippen LogP contribution in [0.25, 0.3) is 0 Å². The summed E-state index contributed by atoms with van der Waals surface area (Å²) in [5.74, 6) is 0.221. The molecule has 1 aliphatic carbocycles. The smallest absolute Gasteiger partial charge is 0.221 e. The van der Waals surface area contributed by atoms with Crippen LogP contribution in [0.2, 0.25) is 10.0 Å².